The summed E-state index contributed by atoms with van der Waals surface area (Å²) in [7, 11) is 0. The molecule has 0 saturated carbocycles. The van der Waals surface area contributed by atoms with Crippen molar-refractivity contribution in [3.05, 3.63) is 29.8 Å². The number of rotatable bonds is 3. The number of benzene rings is 1. The third-order valence-corrected chi connectivity index (χ3v) is 1.75. The number of halogens is 3. The van der Waals surface area contributed by atoms with Crippen LogP contribution in [0.4, 0.5) is 12.9 Å². The number of hydrogen-bond acceptors (Lipinski definition) is 1. The zero-order chi connectivity index (χ0) is 10.8. The van der Waals surface area contributed by atoms with Gasteiger partial charge in [-0.15, -0.1) is 5.46 Å². The summed E-state index contributed by atoms with van der Waals surface area (Å²) in [5.41, 5.74) is -1.01. The van der Waals surface area contributed by atoms with E-state index in [1.54, 1.807) is 0 Å². The first-order valence-corrected chi connectivity index (χ1v) is 3.91. The van der Waals surface area contributed by atoms with Gasteiger partial charge in [0.1, 0.15) is 0 Å². The van der Waals surface area contributed by atoms with Crippen LogP contribution >= 0.6 is 0 Å². The van der Waals surface area contributed by atoms with Crippen molar-refractivity contribution in [1.82, 2.24) is 0 Å². The monoisotopic (exact) mass is 242 g/mol. The van der Waals surface area contributed by atoms with Crippen LogP contribution in [-0.4, -0.2) is 18.1 Å². The SMILES string of the molecule is O=C(O)Cc1ccccc1[B-](F)(F)F.[K+]. The molecule has 2 nitrogen and oxygen atoms in total. The Balaban J connectivity index is 0.00000196. The predicted molar refractivity (Wildman–Crippen MR) is 46.5 cm³/mol. The van der Waals surface area contributed by atoms with Crippen molar-refractivity contribution in [2.75, 3.05) is 0 Å². The quantitative estimate of drug-likeness (QED) is 0.646. The van der Waals surface area contributed by atoms with E-state index in [0.29, 0.717) is 0 Å². The van der Waals surface area contributed by atoms with Gasteiger partial charge in [-0.2, -0.15) is 0 Å². The second-order valence-corrected chi connectivity index (χ2v) is 2.84. The summed E-state index contributed by atoms with van der Waals surface area (Å²) >= 11 is 0. The van der Waals surface area contributed by atoms with Crippen molar-refractivity contribution in [1.29, 1.82) is 0 Å². The minimum Gasteiger partial charge on any atom is -0.481 e. The van der Waals surface area contributed by atoms with Gasteiger partial charge in [-0.25, -0.2) is 0 Å². The maximum atomic E-state index is 12.4. The van der Waals surface area contributed by atoms with Crippen molar-refractivity contribution in [3.63, 3.8) is 0 Å². The Hall–Kier alpha value is 0.181. The van der Waals surface area contributed by atoms with E-state index >= 15 is 0 Å². The number of hydrogen-bond donors (Lipinski definition) is 1. The van der Waals surface area contributed by atoms with Crippen LogP contribution < -0.4 is 56.8 Å². The molecule has 15 heavy (non-hydrogen) atoms. The van der Waals surface area contributed by atoms with Crippen LogP contribution in [0.15, 0.2) is 24.3 Å². The topological polar surface area (TPSA) is 37.3 Å². The fourth-order valence-corrected chi connectivity index (χ4v) is 1.18. The summed E-state index contributed by atoms with van der Waals surface area (Å²) in [4.78, 5) is 10.3. The smallest absolute Gasteiger partial charge is 0.481 e. The van der Waals surface area contributed by atoms with Gasteiger partial charge in [0.2, 0.25) is 0 Å². The Kier molecular flexibility index (Phi) is 6.12. The first-order chi connectivity index (χ1) is 6.41. The molecule has 0 spiro atoms. The van der Waals surface area contributed by atoms with E-state index in [1.165, 1.54) is 18.2 Å². The van der Waals surface area contributed by atoms with E-state index in [2.05, 4.69) is 0 Å². The van der Waals surface area contributed by atoms with E-state index < -0.39 is 24.8 Å². The van der Waals surface area contributed by atoms with Crippen LogP contribution in [0.25, 0.3) is 0 Å². The van der Waals surface area contributed by atoms with Crippen LogP contribution in [0, 0.1) is 0 Å². The standard InChI is InChI=1S/C8H7BF3O2.K/c10-9(11,12)7-4-2-1-3-6(7)5-8(13)14;/h1-4H,5H2,(H,13,14);/q-1;+1. The Bertz CT molecular complexity index is 354. The molecule has 0 aliphatic heterocycles. The van der Waals surface area contributed by atoms with E-state index in [4.69, 9.17) is 5.11 Å². The fourth-order valence-electron chi connectivity index (χ4n) is 1.18. The zero-order valence-electron chi connectivity index (χ0n) is 8.08. The van der Waals surface area contributed by atoms with Gasteiger partial charge in [-0.1, -0.05) is 29.8 Å². The Morgan fingerprint density at radius 2 is 1.80 bits per heavy atom. The van der Waals surface area contributed by atoms with Crippen molar-refractivity contribution >= 4 is 18.4 Å². The predicted octanol–water partition coefficient (Wildman–Crippen LogP) is -1.63. The third kappa shape index (κ3) is 4.69. The van der Waals surface area contributed by atoms with Crippen LogP contribution in [0.3, 0.4) is 0 Å². The zero-order valence-corrected chi connectivity index (χ0v) is 11.2. The molecule has 1 aromatic rings. The van der Waals surface area contributed by atoms with E-state index in [0.717, 1.165) is 6.07 Å². The largest absolute Gasteiger partial charge is 1.00 e. The molecule has 0 heterocycles. The van der Waals surface area contributed by atoms with Gasteiger partial charge in [0.25, 0.3) is 0 Å². The molecule has 1 N–H and O–H groups in total. The minimum atomic E-state index is -5.13. The van der Waals surface area contributed by atoms with Crippen LogP contribution in [0.5, 0.6) is 0 Å². The molecule has 1 rings (SSSR count). The van der Waals surface area contributed by atoms with Crippen molar-refractivity contribution < 1.29 is 74.2 Å². The van der Waals surface area contributed by atoms with Crippen molar-refractivity contribution in [2.45, 2.75) is 6.42 Å². The molecule has 0 atom stereocenters. The average molecular weight is 242 g/mol. The maximum absolute atomic E-state index is 12.4. The van der Waals surface area contributed by atoms with Gasteiger partial charge in [-0.05, 0) is 0 Å². The molecule has 0 bridgehead atoms. The Morgan fingerprint density at radius 1 is 1.27 bits per heavy atom. The first-order valence-electron chi connectivity index (χ1n) is 3.91. The van der Waals surface area contributed by atoms with Gasteiger partial charge in [-0.3, -0.25) is 4.79 Å². The summed E-state index contributed by atoms with van der Waals surface area (Å²) in [5, 5.41) is 8.40. The molecular weight excluding hydrogens is 235 g/mol. The molecule has 0 aromatic heterocycles. The Labute approximate surface area is 127 Å². The van der Waals surface area contributed by atoms with Crippen LogP contribution in [0.1, 0.15) is 5.56 Å². The average Bonchev–Trinajstić information content (AvgIpc) is 2.01. The van der Waals surface area contributed by atoms with Gasteiger partial charge in [0.05, 0.1) is 6.42 Å². The molecule has 7 heteroatoms. The second-order valence-electron chi connectivity index (χ2n) is 2.84. The number of carboxylic acids is 1. The Morgan fingerprint density at radius 3 is 2.27 bits per heavy atom. The molecule has 0 aliphatic rings. The summed E-state index contributed by atoms with van der Waals surface area (Å²) in [6.07, 6.45) is -0.600. The van der Waals surface area contributed by atoms with Gasteiger partial charge in [0.15, 0.2) is 0 Å². The normalized spacial score (nSPS) is 10.6. The molecule has 76 valence electrons. The summed E-state index contributed by atoms with van der Waals surface area (Å²) in [5.74, 6) is -1.27. The van der Waals surface area contributed by atoms with Gasteiger partial charge < -0.3 is 18.1 Å². The molecule has 0 amide bonds. The molecule has 0 radical (unpaired) electrons. The molecule has 1 aromatic carbocycles. The maximum Gasteiger partial charge on any atom is 1.00 e. The van der Waals surface area contributed by atoms with Crippen molar-refractivity contribution in [3.8, 4) is 0 Å². The van der Waals surface area contributed by atoms with Crippen molar-refractivity contribution in [2.24, 2.45) is 0 Å². The molecule has 0 saturated heterocycles. The number of carbonyl (C=O) groups is 1. The van der Waals surface area contributed by atoms with E-state index in [1.807, 2.05) is 0 Å². The minimum absolute atomic E-state index is 0. The first kappa shape index (κ1) is 15.2. The van der Waals surface area contributed by atoms with E-state index in [-0.39, 0.29) is 56.9 Å². The summed E-state index contributed by atoms with van der Waals surface area (Å²) in [6.45, 7) is -5.13. The second kappa shape index (κ2) is 6.05. The molecular formula is C8H7BF3KO2. The molecule has 0 fully saturated rings. The van der Waals surface area contributed by atoms with Crippen LogP contribution in [0.2, 0.25) is 0 Å². The molecule has 0 aliphatic carbocycles. The van der Waals surface area contributed by atoms with Crippen LogP contribution in [-0.2, 0) is 11.2 Å². The van der Waals surface area contributed by atoms with Gasteiger partial charge in [0, 0.05) is 0 Å². The molecule has 0 unspecified atom stereocenters. The number of aliphatic carboxylic acids is 1. The summed E-state index contributed by atoms with van der Waals surface area (Å²) in [6, 6.07) is 4.72. The summed E-state index contributed by atoms with van der Waals surface area (Å²) < 4.78 is 37.1. The van der Waals surface area contributed by atoms with Gasteiger partial charge >= 0.3 is 64.3 Å². The van der Waals surface area contributed by atoms with E-state index in [9.17, 15) is 17.7 Å². The fraction of sp³-hybridized carbons (Fsp3) is 0.125. The third-order valence-electron chi connectivity index (χ3n) is 1.75. The number of carboxylic acid groups (broad SMARTS) is 1.